The van der Waals surface area contributed by atoms with Crippen LogP contribution in [-0.2, 0) is 0 Å². The number of nitrogens with one attached hydrogen (secondary N) is 1. The number of thiophene rings is 1. The number of benzene rings is 2. The van der Waals surface area contributed by atoms with Crippen LogP contribution in [0.4, 0.5) is 15.8 Å². The van der Waals surface area contributed by atoms with Gasteiger partial charge in [0, 0.05) is 23.6 Å². The summed E-state index contributed by atoms with van der Waals surface area (Å²) in [7, 11) is 0. The van der Waals surface area contributed by atoms with Crippen LogP contribution in [-0.4, -0.2) is 32.0 Å². The van der Waals surface area contributed by atoms with Gasteiger partial charge in [-0.2, -0.15) is 9.78 Å². The van der Waals surface area contributed by atoms with Crippen LogP contribution in [0.1, 0.15) is 20.8 Å². The quantitative estimate of drug-likeness (QED) is 0.254. The van der Waals surface area contributed by atoms with Crippen LogP contribution in [0.15, 0.2) is 63.6 Å². The van der Waals surface area contributed by atoms with Gasteiger partial charge in [0.25, 0.3) is 17.2 Å². The average molecular weight is 496 g/mol. The topological polar surface area (TPSA) is 119 Å². The first-order valence-corrected chi connectivity index (χ1v) is 11.7. The lowest BCUT2D eigenvalue weighted by Gasteiger charge is -2.15. The third-order valence-corrected chi connectivity index (χ3v) is 7.32. The number of thioether (sulfide) groups is 1. The number of amides is 1. The van der Waals surface area contributed by atoms with Crippen molar-refractivity contribution in [3.8, 4) is 0 Å². The minimum Gasteiger partial charge on any atom is -0.321 e. The van der Waals surface area contributed by atoms with Crippen LogP contribution in [0, 0.1) is 22.9 Å². The number of rotatable bonds is 4. The molecule has 34 heavy (non-hydrogen) atoms. The fourth-order valence-corrected chi connectivity index (χ4v) is 5.49. The Hall–Kier alpha value is -3.90. The first-order valence-electron chi connectivity index (χ1n) is 9.90. The van der Waals surface area contributed by atoms with Crippen LogP contribution in [0.25, 0.3) is 10.2 Å². The molecule has 0 fully saturated rings. The molecular formula is C22H14FN5O4S2. The molecule has 2 aromatic heterocycles. The molecule has 3 heterocycles. The summed E-state index contributed by atoms with van der Waals surface area (Å²) < 4.78 is 14.3. The van der Waals surface area contributed by atoms with E-state index < -0.39 is 22.2 Å². The zero-order valence-electron chi connectivity index (χ0n) is 17.4. The largest absolute Gasteiger partial charge is 0.321 e. The average Bonchev–Trinajstić information content (AvgIpc) is 3.17. The Morgan fingerprint density at radius 2 is 1.88 bits per heavy atom. The van der Waals surface area contributed by atoms with Gasteiger partial charge in [0.1, 0.15) is 10.6 Å². The zero-order chi connectivity index (χ0) is 24.0. The third-order valence-electron chi connectivity index (χ3n) is 5.19. The normalized spacial score (nSPS) is 12.8. The molecule has 9 nitrogen and oxygen atoms in total. The number of hydrogen-bond donors (Lipinski definition) is 1. The Morgan fingerprint density at radius 3 is 2.56 bits per heavy atom. The number of carbonyl (C=O) groups is 1. The first-order chi connectivity index (χ1) is 16.3. The van der Waals surface area contributed by atoms with E-state index in [4.69, 9.17) is 0 Å². The molecule has 0 bridgehead atoms. The smallest absolute Gasteiger partial charge is 0.283 e. The van der Waals surface area contributed by atoms with Crippen molar-refractivity contribution in [2.24, 2.45) is 5.10 Å². The van der Waals surface area contributed by atoms with E-state index in [2.05, 4.69) is 15.4 Å². The highest BCUT2D eigenvalue weighted by atomic mass is 32.2. The molecule has 1 aliphatic heterocycles. The lowest BCUT2D eigenvalue weighted by atomic mass is 10.1. The SMILES string of the molecule is Cc1c(C(=O)Nc2ccc(F)cc2)sc2nc3n(c(=O)c12)N=C(c1ccc([N+](=O)[O-])cc1)CS3. The van der Waals surface area contributed by atoms with Crippen LogP contribution in [0.3, 0.4) is 0 Å². The molecule has 1 N–H and O–H groups in total. The van der Waals surface area contributed by atoms with E-state index >= 15 is 0 Å². The number of carbonyl (C=O) groups excluding carboxylic acids is 1. The maximum Gasteiger partial charge on any atom is 0.283 e. The van der Waals surface area contributed by atoms with Crippen LogP contribution in [0.2, 0.25) is 0 Å². The van der Waals surface area contributed by atoms with Crippen molar-refractivity contribution in [1.82, 2.24) is 9.66 Å². The lowest BCUT2D eigenvalue weighted by molar-refractivity contribution is -0.384. The highest BCUT2D eigenvalue weighted by Crippen LogP contribution is 2.31. The number of anilines is 1. The minimum absolute atomic E-state index is 0.0332. The summed E-state index contributed by atoms with van der Waals surface area (Å²) in [5.74, 6) is -0.403. The van der Waals surface area contributed by atoms with Crippen molar-refractivity contribution >= 4 is 56.3 Å². The molecule has 170 valence electrons. The summed E-state index contributed by atoms with van der Waals surface area (Å²) in [4.78, 5) is 41.8. The molecule has 5 rings (SSSR count). The monoisotopic (exact) mass is 495 g/mol. The number of aryl methyl sites for hydroxylation is 1. The van der Waals surface area contributed by atoms with Crippen molar-refractivity contribution < 1.29 is 14.1 Å². The van der Waals surface area contributed by atoms with E-state index in [1.807, 2.05) is 0 Å². The van der Waals surface area contributed by atoms with E-state index in [1.165, 1.54) is 52.8 Å². The van der Waals surface area contributed by atoms with Gasteiger partial charge in [-0.05, 0) is 54.4 Å². The van der Waals surface area contributed by atoms with Crippen molar-refractivity contribution in [3.05, 3.63) is 90.8 Å². The maximum atomic E-state index is 13.3. The van der Waals surface area contributed by atoms with Crippen molar-refractivity contribution in [1.29, 1.82) is 0 Å². The molecule has 2 aromatic carbocycles. The van der Waals surface area contributed by atoms with Crippen LogP contribution in [0.5, 0.6) is 0 Å². The zero-order valence-corrected chi connectivity index (χ0v) is 19.1. The molecular weight excluding hydrogens is 481 g/mol. The Labute approximate surface area is 199 Å². The fourth-order valence-electron chi connectivity index (χ4n) is 3.47. The van der Waals surface area contributed by atoms with Gasteiger partial charge in [-0.25, -0.2) is 9.37 Å². The Morgan fingerprint density at radius 1 is 1.18 bits per heavy atom. The number of halogens is 1. The summed E-state index contributed by atoms with van der Waals surface area (Å²) in [6.07, 6.45) is 0. The number of aromatic nitrogens is 2. The number of non-ortho nitro benzene ring substituents is 1. The van der Waals surface area contributed by atoms with Gasteiger partial charge in [0.15, 0.2) is 5.16 Å². The van der Waals surface area contributed by atoms with Gasteiger partial charge < -0.3 is 5.32 Å². The molecule has 0 spiro atoms. The second-order valence-electron chi connectivity index (χ2n) is 7.35. The van der Waals surface area contributed by atoms with E-state index in [0.717, 1.165) is 11.3 Å². The second kappa shape index (κ2) is 8.47. The van der Waals surface area contributed by atoms with E-state index in [9.17, 15) is 24.1 Å². The standard InChI is InChI=1S/C22H14FN5O4S2/c1-11-17-20(34-18(11)19(29)24-14-6-4-13(23)5-7-14)25-22-27(21(17)30)26-16(10-33-22)12-2-8-15(9-3-12)28(31)32/h2-9H,10H2,1H3,(H,24,29). The molecule has 0 atom stereocenters. The van der Waals surface area contributed by atoms with E-state index in [1.54, 1.807) is 19.1 Å². The van der Waals surface area contributed by atoms with Gasteiger partial charge in [-0.1, -0.05) is 11.8 Å². The van der Waals surface area contributed by atoms with Gasteiger partial charge in [-0.15, -0.1) is 11.3 Å². The van der Waals surface area contributed by atoms with Crippen molar-refractivity contribution in [2.75, 3.05) is 11.1 Å². The molecule has 0 aliphatic carbocycles. The highest BCUT2D eigenvalue weighted by molar-refractivity contribution is 7.99. The van der Waals surface area contributed by atoms with Gasteiger partial charge in [-0.3, -0.25) is 19.7 Å². The van der Waals surface area contributed by atoms with Crippen molar-refractivity contribution in [2.45, 2.75) is 12.1 Å². The van der Waals surface area contributed by atoms with E-state index in [0.29, 0.717) is 48.5 Å². The van der Waals surface area contributed by atoms with Crippen molar-refractivity contribution in [3.63, 3.8) is 0 Å². The van der Waals surface area contributed by atoms with Crippen LogP contribution < -0.4 is 10.9 Å². The molecule has 0 saturated carbocycles. The van der Waals surface area contributed by atoms with Gasteiger partial charge in [0.05, 0.1) is 20.9 Å². The summed E-state index contributed by atoms with van der Waals surface area (Å²) >= 11 is 2.42. The van der Waals surface area contributed by atoms with Gasteiger partial charge >= 0.3 is 0 Å². The van der Waals surface area contributed by atoms with Crippen LogP contribution >= 0.6 is 23.1 Å². The predicted octanol–water partition coefficient (Wildman–Crippen LogP) is 4.42. The predicted molar refractivity (Wildman–Crippen MR) is 129 cm³/mol. The highest BCUT2D eigenvalue weighted by Gasteiger charge is 2.24. The molecule has 4 aromatic rings. The fraction of sp³-hybridized carbons (Fsp3) is 0.0909. The molecule has 0 radical (unpaired) electrons. The Bertz CT molecular complexity index is 1560. The summed E-state index contributed by atoms with van der Waals surface area (Å²) in [5, 5.41) is 18.7. The number of hydrogen-bond acceptors (Lipinski definition) is 8. The van der Waals surface area contributed by atoms with Gasteiger partial charge in [0.2, 0.25) is 0 Å². The summed E-state index contributed by atoms with van der Waals surface area (Å²) in [6, 6.07) is 11.3. The molecule has 1 aliphatic rings. The lowest BCUT2D eigenvalue weighted by Crippen LogP contribution is -2.25. The molecule has 1 amide bonds. The Balaban J connectivity index is 1.52. The minimum atomic E-state index is -0.481. The molecule has 12 heteroatoms. The summed E-state index contributed by atoms with van der Waals surface area (Å²) in [6.45, 7) is 1.67. The third kappa shape index (κ3) is 3.86. The second-order valence-corrected chi connectivity index (χ2v) is 9.29. The number of nitro benzene ring substituents is 1. The molecule has 0 saturated heterocycles. The maximum absolute atomic E-state index is 13.3. The Kier molecular flexibility index (Phi) is 5.46. The molecule has 0 unspecified atom stereocenters. The summed E-state index contributed by atoms with van der Waals surface area (Å²) in [5.41, 5.74) is 1.72. The number of nitro groups is 1. The van der Waals surface area contributed by atoms with E-state index in [-0.39, 0.29) is 5.69 Å². The first kappa shape index (κ1) is 21.9. The number of fused-ring (bicyclic) bond motifs is 2. The number of nitrogens with zero attached hydrogens (tertiary/aromatic N) is 4.